The van der Waals surface area contributed by atoms with E-state index in [2.05, 4.69) is 10.6 Å². The van der Waals surface area contributed by atoms with Gasteiger partial charge >= 0.3 is 5.97 Å². The molecule has 0 fully saturated rings. The molecule has 156 valence electrons. The van der Waals surface area contributed by atoms with Gasteiger partial charge in [-0.2, -0.15) is 0 Å². The molecule has 0 radical (unpaired) electrons. The highest BCUT2D eigenvalue weighted by atomic mass is 32.2. The van der Waals surface area contributed by atoms with E-state index in [-0.39, 0.29) is 5.91 Å². The molecule has 2 aromatic rings. The van der Waals surface area contributed by atoms with Crippen LogP contribution in [0.15, 0.2) is 59.5 Å². The number of thioether (sulfide) groups is 1. The summed E-state index contributed by atoms with van der Waals surface area (Å²) in [5, 5.41) is 13.6. The lowest BCUT2D eigenvalue weighted by molar-refractivity contribution is -0.131. The molecule has 0 saturated carbocycles. The van der Waals surface area contributed by atoms with Crippen molar-refractivity contribution in [2.24, 2.45) is 0 Å². The van der Waals surface area contributed by atoms with Crippen molar-refractivity contribution in [1.29, 1.82) is 0 Å². The number of carboxylic acid groups (broad SMARTS) is 1. The van der Waals surface area contributed by atoms with Gasteiger partial charge in [-0.05, 0) is 37.3 Å². The van der Waals surface area contributed by atoms with Crippen molar-refractivity contribution in [3.63, 3.8) is 0 Å². The number of hydrogen-bond donors (Lipinski definition) is 3. The molecule has 3 rings (SSSR count). The van der Waals surface area contributed by atoms with E-state index in [1.807, 2.05) is 6.07 Å². The van der Waals surface area contributed by atoms with Gasteiger partial charge in [0.2, 0.25) is 11.8 Å². The molecule has 2 aromatic carbocycles. The van der Waals surface area contributed by atoms with Gasteiger partial charge in [0.1, 0.15) is 13.2 Å². The number of fused-ring (bicyclic) bond motifs is 1. The summed E-state index contributed by atoms with van der Waals surface area (Å²) < 4.78 is 11.0. The molecule has 1 aliphatic rings. The second-order valence-electron chi connectivity index (χ2n) is 6.30. The van der Waals surface area contributed by atoms with E-state index in [0.717, 1.165) is 17.0 Å². The van der Waals surface area contributed by atoms with Crippen LogP contribution in [0.25, 0.3) is 0 Å². The van der Waals surface area contributed by atoms with Crippen molar-refractivity contribution < 1.29 is 29.0 Å². The normalized spacial score (nSPS) is 13.5. The zero-order valence-corrected chi connectivity index (χ0v) is 16.9. The Labute approximate surface area is 177 Å². The molecule has 0 spiro atoms. The third-order valence-electron chi connectivity index (χ3n) is 3.97. The quantitative estimate of drug-likeness (QED) is 0.458. The lowest BCUT2D eigenvalue weighted by atomic mass is 10.2. The molecule has 30 heavy (non-hydrogen) atoms. The largest absolute Gasteiger partial charge is 0.486 e. The molecule has 0 aliphatic carbocycles. The first kappa shape index (κ1) is 21.3. The minimum Gasteiger partial charge on any atom is -0.486 e. The highest BCUT2D eigenvalue weighted by Crippen LogP contribution is 2.33. The molecule has 1 heterocycles. The number of anilines is 2. The molecule has 3 N–H and O–H groups in total. The number of carbonyl (C=O) groups is 3. The second kappa shape index (κ2) is 9.84. The maximum absolute atomic E-state index is 12.6. The van der Waals surface area contributed by atoms with Crippen molar-refractivity contribution in [3.05, 3.63) is 54.6 Å². The maximum Gasteiger partial charge on any atom is 0.328 e. The zero-order chi connectivity index (χ0) is 21.5. The van der Waals surface area contributed by atoms with E-state index >= 15 is 0 Å². The predicted octanol–water partition coefficient (Wildman–Crippen LogP) is 3.16. The van der Waals surface area contributed by atoms with Crippen molar-refractivity contribution in [3.8, 4) is 11.5 Å². The Morgan fingerprint density at radius 1 is 1.00 bits per heavy atom. The Hall–Kier alpha value is -3.46. The number of ether oxygens (including phenoxy) is 2. The number of benzene rings is 2. The van der Waals surface area contributed by atoms with Crippen molar-refractivity contribution in [2.45, 2.75) is 17.1 Å². The third kappa shape index (κ3) is 6.02. The number of rotatable bonds is 7. The SMILES string of the molecule is CC(Sc1cccc(NC(=O)/C=C/C(=O)O)c1)C(=O)Nc1ccc2c(c1)OCCO2. The van der Waals surface area contributed by atoms with E-state index in [1.165, 1.54) is 11.8 Å². The summed E-state index contributed by atoms with van der Waals surface area (Å²) in [4.78, 5) is 35.5. The molecule has 9 heteroatoms. The molecular formula is C21H20N2O6S. The molecule has 1 aliphatic heterocycles. The van der Waals surface area contributed by atoms with E-state index < -0.39 is 17.1 Å². The summed E-state index contributed by atoms with van der Waals surface area (Å²) in [6.07, 6.45) is 1.70. The van der Waals surface area contributed by atoms with Gasteiger partial charge in [-0.15, -0.1) is 11.8 Å². The number of nitrogens with one attached hydrogen (secondary N) is 2. The summed E-state index contributed by atoms with van der Waals surface area (Å²) in [7, 11) is 0. The summed E-state index contributed by atoms with van der Waals surface area (Å²) in [5.41, 5.74) is 1.11. The van der Waals surface area contributed by atoms with Gasteiger partial charge in [0.25, 0.3) is 0 Å². The fraction of sp³-hybridized carbons (Fsp3) is 0.190. The average molecular weight is 428 g/mol. The first-order valence-corrected chi connectivity index (χ1v) is 9.98. The number of amides is 2. The third-order valence-corrected chi connectivity index (χ3v) is 5.06. The fourth-order valence-electron chi connectivity index (χ4n) is 2.60. The Kier molecular flexibility index (Phi) is 6.97. The van der Waals surface area contributed by atoms with Crippen molar-refractivity contribution in [1.82, 2.24) is 0 Å². The molecule has 0 bridgehead atoms. The summed E-state index contributed by atoms with van der Waals surface area (Å²) in [6, 6.07) is 12.2. The van der Waals surface area contributed by atoms with E-state index in [0.29, 0.717) is 36.1 Å². The Balaban J connectivity index is 1.58. The van der Waals surface area contributed by atoms with Crippen LogP contribution in [0.3, 0.4) is 0 Å². The first-order valence-electron chi connectivity index (χ1n) is 9.10. The fourth-order valence-corrected chi connectivity index (χ4v) is 3.53. The molecule has 8 nitrogen and oxygen atoms in total. The second-order valence-corrected chi connectivity index (χ2v) is 7.71. The summed E-state index contributed by atoms with van der Waals surface area (Å²) in [5.74, 6) is -0.690. The van der Waals surface area contributed by atoms with Gasteiger partial charge < -0.3 is 25.2 Å². The van der Waals surface area contributed by atoms with Crippen LogP contribution in [0.4, 0.5) is 11.4 Å². The number of hydrogen-bond acceptors (Lipinski definition) is 6. The van der Waals surface area contributed by atoms with Gasteiger partial charge in [-0.1, -0.05) is 6.07 Å². The van der Waals surface area contributed by atoms with E-state index in [9.17, 15) is 14.4 Å². The lowest BCUT2D eigenvalue weighted by Gasteiger charge is -2.19. The van der Waals surface area contributed by atoms with Crippen molar-refractivity contribution in [2.75, 3.05) is 23.8 Å². The molecular weight excluding hydrogens is 408 g/mol. The average Bonchev–Trinajstić information content (AvgIpc) is 2.72. The Morgan fingerprint density at radius 2 is 1.73 bits per heavy atom. The molecule has 1 atom stereocenters. The Bertz CT molecular complexity index is 991. The van der Waals surface area contributed by atoms with Gasteiger partial charge in [-0.25, -0.2) is 4.79 Å². The van der Waals surface area contributed by atoms with Crippen LogP contribution in [0.1, 0.15) is 6.92 Å². The highest BCUT2D eigenvalue weighted by Gasteiger charge is 2.17. The zero-order valence-electron chi connectivity index (χ0n) is 16.1. The number of carbonyl (C=O) groups excluding carboxylic acids is 2. The van der Waals surface area contributed by atoms with Gasteiger partial charge in [0, 0.05) is 34.5 Å². The molecule has 2 amide bonds. The summed E-state index contributed by atoms with van der Waals surface area (Å²) >= 11 is 1.33. The minimum atomic E-state index is -1.20. The number of carboxylic acids is 1. The highest BCUT2D eigenvalue weighted by molar-refractivity contribution is 8.00. The van der Waals surface area contributed by atoms with Gasteiger partial charge in [0.05, 0.1) is 5.25 Å². The van der Waals surface area contributed by atoms with Gasteiger partial charge in [-0.3, -0.25) is 9.59 Å². The molecule has 1 unspecified atom stereocenters. The van der Waals surface area contributed by atoms with Crippen LogP contribution in [-0.4, -0.2) is 41.4 Å². The van der Waals surface area contributed by atoms with Crippen LogP contribution < -0.4 is 20.1 Å². The van der Waals surface area contributed by atoms with Crippen LogP contribution in [0.2, 0.25) is 0 Å². The summed E-state index contributed by atoms with van der Waals surface area (Å²) in [6.45, 7) is 2.75. The van der Waals surface area contributed by atoms with Crippen LogP contribution in [0, 0.1) is 0 Å². The van der Waals surface area contributed by atoms with Gasteiger partial charge in [0.15, 0.2) is 11.5 Å². The molecule has 0 saturated heterocycles. The first-order chi connectivity index (χ1) is 14.4. The van der Waals surface area contributed by atoms with Crippen LogP contribution in [-0.2, 0) is 14.4 Å². The lowest BCUT2D eigenvalue weighted by Crippen LogP contribution is -2.22. The number of aliphatic carboxylic acids is 1. The van der Waals surface area contributed by atoms with E-state index in [1.54, 1.807) is 43.3 Å². The van der Waals surface area contributed by atoms with Crippen molar-refractivity contribution >= 4 is 40.9 Å². The molecule has 0 aromatic heterocycles. The topological polar surface area (TPSA) is 114 Å². The van der Waals surface area contributed by atoms with Crippen LogP contribution in [0.5, 0.6) is 11.5 Å². The van der Waals surface area contributed by atoms with Crippen LogP contribution >= 0.6 is 11.8 Å². The standard InChI is InChI=1S/C21H20N2O6S/c1-13(21(27)23-15-5-6-17-18(12-15)29-10-9-28-17)30-16-4-2-3-14(11-16)22-19(24)7-8-20(25)26/h2-8,11-13H,9-10H2,1H3,(H,22,24)(H,23,27)(H,25,26)/b8-7+. The minimum absolute atomic E-state index is 0.185. The maximum atomic E-state index is 12.6. The smallest absolute Gasteiger partial charge is 0.328 e. The monoisotopic (exact) mass is 428 g/mol. The Morgan fingerprint density at radius 3 is 2.50 bits per heavy atom. The predicted molar refractivity (Wildman–Crippen MR) is 113 cm³/mol. The van der Waals surface area contributed by atoms with E-state index in [4.69, 9.17) is 14.6 Å².